The van der Waals surface area contributed by atoms with Crippen LogP contribution in [0.4, 0.5) is 35.1 Å². The van der Waals surface area contributed by atoms with Crippen molar-refractivity contribution in [3.8, 4) is 33.9 Å². The van der Waals surface area contributed by atoms with E-state index in [4.69, 9.17) is 0 Å². The van der Waals surface area contributed by atoms with E-state index < -0.39 is 35.1 Å². The van der Waals surface area contributed by atoms with Crippen molar-refractivity contribution in [3.63, 3.8) is 0 Å². The summed E-state index contributed by atoms with van der Waals surface area (Å²) in [5, 5.41) is 23.3. The molecule has 0 saturated carbocycles. The van der Waals surface area contributed by atoms with Crippen LogP contribution in [0.15, 0.2) is 108 Å². The lowest BCUT2D eigenvalue weighted by Crippen LogP contribution is -2.27. The third-order valence-electron chi connectivity index (χ3n) is 7.52. The van der Waals surface area contributed by atoms with Crippen molar-refractivity contribution in [1.29, 1.82) is 0 Å². The second-order valence-electron chi connectivity index (χ2n) is 11.4. The Balaban J connectivity index is 0.000000229. The summed E-state index contributed by atoms with van der Waals surface area (Å²) in [5.41, 5.74) is 3.26. The second kappa shape index (κ2) is 16.4. The largest absolute Gasteiger partial charge is 0.711 e. The Labute approximate surface area is 303 Å². The van der Waals surface area contributed by atoms with E-state index in [1.54, 1.807) is 13.2 Å². The fraction of sp³-hybridized carbons (Fsp3) is 0.189. The van der Waals surface area contributed by atoms with E-state index in [1.165, 1.54) is 22.7 Å². The van der Waals surface area contributed by atoms with E-state index in [2.05, 4.69) is 15.9 Å². The lowest BCUT2D eigenvalue weighted by atomic mass is 10.1. The molecule has 0 radical (unpaired) electrons. The van der Waals surface area contributed by atoms with Crippen LogP contribution in [0.1, 0.15) is 29.7 Å². The first kappa shape index (κ1) is 41.2. The number of hydrogen-bond donors (Lipinski definition) is 0. The summed E-state index contributed by atoms with van der Waals surface area (Å²) in [6, 6.07) is 19.9. The maximum atomic E-state index is 14.2. The summed E-state index contributed by atoms with van der Waals surface area (Å²) in [6.45, 7) is 3.97. The van der Waals surface area contributed by atoms with Gasteiger partial charge in [-0.1, -0.05) is 67.1 Å². The van der Waals surface area contributed by atoms with Crippen LogP contribution in [-0.4, -0.2) is 9.13 Å². The first-order valence-corrected chi connectivity index (χ1v) is 15.6. The van der Waals surface area contributed by atoms with Gasteiger partial charge in [0, 0.05) is 11.1 Å². The molecule has 0 spiro atoms. The number of halogens is 9. The number of nitrogens with zero attached hydrogens (tertiary/aromatic N) is 4. The molecule has 276 valence electrons. The van der Waals surface area contributed by atoms with Crippen molar-refractivity contribution in [2.45, 2.75) is 33.6 Å². The third kappa shape index (κ3) is 9.99. The van der Waals surface area contributed by atoms with E-state index in [1.807, 2.05) is 74.0 Å². The minimum atomic E-state index is -4.64. The zero-order valence-corrected chi connectivity index (χ0v) is 28.9. The van der Waals surface area contributed by atoms with Gasteiger partial charge in [0.05, 0.1) is 29.7 Å². The number of benzene rings is 4. The highest BCUT2D eigenvalue weighted by Gasteiger charge is 2.33. The topological polar surface area (TPSA) is 63.7 Å². The highest BCUT2D eigenvalue weighted by Crippen LogP contribution is 2.34. The standard InChI is InChI=1S/C18H14F4N2O.C11H12N2O.C7H3BrF4.CH4/c1-11-3-5-12(6-4-11)16-10-24(25)17(23(16)2)14-8-7-13(9-15(14)19)18(20,21)22;1-9-3-5-10(6-4-9)11-7-13(14)8-12(11)2;8-5-2-1-4(3-6(5)9)7(10,11)12;/h3-10H,1-2H3;3-8H,1-2H3;1-3H;1H4. The smallest absolute Gasteiger partial charge is 0.416 e. The number of aryl methyl sites for hydroxylation is 3. The van der Waals surface area contributed by atoms with E-state index in [0.29, 0.717) is 22.6 Å². The summed E-state index contributed by atoms with van der Waals surface area (Å²) in [7, 11) is 3.43. The second-order valence-corrected chi connectivity index (χ2v) is 12.2. The van der Waals surface area contributed by atoms with Gasteiger partial charge in [0.15, 0.2) is 11.4 Å². The molecule has 0 bridgehead atoms. The van der Waals surface area contributed by atoms with Gasteiger partial charge in [0.25, 0.3) is 5.82 Å². The molecule has 0 aliphatic carbocycles. The minimum absolute atomic E-state index is 0. The molecule has 0 aliphatic rings. The minimum Gasteiger partial charge on any atom is -0.711 e. The van der Waals surface area contributed by atoms with Crippen molar-refractivity contribution >= 4 is 15.9 Å². The summed E-state index contributed by atoms with van der Waals surface area (Å²) in [5.74, 6) is -2.08. The van der Waals surface area contributed by atoms with Crippen molar-refractivity contribution < 1.29 is 44.6 Å². The molecule has 0 fully saturated rings. The molecule has 0 N–H and O–H groups in total. The quantitative estimate of drug-likeness (QED) is 0.102. The Kier molecular flexibility index (Phi) is 13.0. The van der Waals surface area contributed by atoms with Gasteiger partial charge < -0.3 is 10.4 Å². The Morgan fingerprint density at radius 3 is 1.52 bits per heavy atom. The molecule has 0 saturated heterocycles. The molecule has 0 aliphatic heterocycles. The molecule has 0 amide bonds. The maximum Gasteiger partial charge on any atom is 0.416 e. The van der Waals surface area contributed by atoms with Crippen LogP contribution in [0.5, 0.6) is 0 Å². The average molecular weight is 798 g/mol. The van der Waals surface area contributed by atoms with E-state index in [9.17, 15) is 45.5 Å². The van der Waals surface area contributed by atoms with E-state index in [-0.39, 0.29) is 23.3 Å². The zero-order chi connectivity index (χ0) is 37.8. The van der Waals surface area contributed by atoms with Crippen LogP contribution >= 0.6 is 15.9 Å². The Bertz CT molecular complexity index is 2120. The van der Waals surface area contributed by atoms with Crippen LogP contribution in [0.2, 0.25) is 0 Å². The zero-order valence-electron chi connectivity index (χ0n) is 27.3. The molecule has 6 nitrogen and oxygen atoms in total. The maximum absolute atomic E-state index is 14.2. The Morgan fingerprint density at radius 2 is 1.10 bits per heavy atom. The molecular weight excluding hydrogens is 764 g/mol. The predicted molar refractivity (Wildman–Crippen MR) is 185 cm³/mol. The average Bonchev–Trinajstić information content (AvgIpc) is 3.54. The summed E-state index contributed by atoms with van der Waals surface area (Å²) < 4.78 is 105. The van der Waals surface area contributed by atoms with Crippen LogP contribution in [0.3, 0.4) is 0 Å². The lowest BCUT2D eigenvalue weighted by molar-refractivity contribution is -0.604. The predicted octanol–water partition coefficient (Wildman–Crippen LogP) is 10.3. The van der Waals surface area contributed by atoms with Crippen LogP contribution in [0, 0.1) is 35.9 Å². The van der Waals surface area contributed by atoms with E-state index in [0.717, 1.165) is 51.4 Å². The fourth-order valence-corrected chi connectivity index (χ4v) is 5.08. The summed E-state index contributed by atoms with van der Waals surface area (Å²) in [6.07, 6.45) is -4.77. The van der Waals surface area contributed by atoms with Gasteiger partial charge in [0.1, 0.15) is 29.6 Å². The van der Waals surface area contributed by atoms with Crippen molar-refractivity contribution in [3.05, 3.63) is 152 Å². The van der Waals surface area contributed by atoms with E-state index >= 15 is 0 Å². The van der Waals surface area contributed by atoms with Crippen LogP contribution in [0.25, 0.3) is 33.9 Å². The molecule has 0 atom stereocenters. The Hall–Kier alpha value is -5.18. The number of rotatable bonds is 3. The number of aromatic nitrogens is 4. The van der Waals surface area contributed by atoms with Gasteiger partial charge in [-0.3, -0.25) is 0 Å². The molecule has 6 rings (SSSR count). The first-order valence-electron chi connectivity index (χ1n) is 14.8. The fourth-order valence-electron chi connectivity index (χ4n) is 4.84. The number of alkyl halides is 6. The molecule has 0 unspecified atom stereocenters. The SMILES string of the molecule is C.Cc1ccc(-c2c[n+]([O-])c(-c3ccc(C(F)(F)F)cc3F)n2C)cc1.Cc1ccc(-c2c[n+]([O-])cn2C)cc1.Fc1cc(C(F)(F)F)ccc1Br. The third-order valence-corrected chi connectivity index (χ3v) is 8.17. The highest BCUT2D eigenvalue weighted by molar-refractivity contribution is 9.10. The molecule has 6 aromatic rings. The monoisotopic (exact) mass is 796 g/mol. The Morgan fingerprint density at radius 1 is 0.635 bits per heavy atom. The van der Waals surface area contributed by atoms with Crippen molar-refractivity contribution in [2.75, 3.05) is 0 Å². The van der Waals surface area contributed by atoms with Gasteiger partial charge >= 0.3 is 12.4 Å². The molecule has 4 aromatic carbocycles. The van der Waals surface area contributed by atoms with Crippen molar-refractivity contribution in [2.24, 2.45) is 14.1 Å². The summed E-state index contributed by atoms with van der Waals surface area (Å²) in [4.78, 5) is 0. The molecule has 52 heavy (non-hydrogen) atoms. The number of imidazole rings is 2. The van der Waals surface area contributed by atoms with Crippen LogP contribution in [-0.2, 0) is 26.4 Å². The lowest BCUT2D eigenvalue weighted by Gasteiger charge is -2.09. The van der Waals surface area contributed by atoms with Crippen molar-refractivity contribution in [1.82, 2.24) is 9.13 Å². The highest BCUT2D eigenvalue weighted by atomic mass is 79.9. The molecule has 15 heteroatoms. The van der Waals surface area contributed by atoms with Gasteiger partial charge in [-0.05, 0) is 66.2 Å². The van der Waals surface area contributed by atoms with Crippen LogP contribution < -0.4 is 9.46 Å². The number of hydrogen-bond acceptors (Lipinski definition) is 2. The molecule has 2 heterocycles. The molecule has 2 aromatic heterocycles. The van der Waals surface area contributed by atoms with Gasteiger partial charge in [0.2, 0.25) is 6.33 Å². The van der Waals surface area contributed by atoms with Gasteiger partial charge in [-0.25, -0.2) is 27.4 Å². The first-order chi connectivity index (χ1) is 23.8. The molecular formula is C37H33BrF8N4O2. The van der Waals surface area contributed by atoms with Gasteiger partial charge in [-0.15, -0.1) is 0 Å². The summed E-state index contributed by atoms with van der Waals surface area (Å²) >= 11 is 2.75. The normalized spacial score (nSPS) is 11.2. The van der Waals surface area contributed by atoms with Gasteiger partial charge in [-0.2, -0.15) is 26.3 Å².